The van der Waals surface area contributed by atoms with E-state index in [1.807, 2.05) is 0 Å². The first-order chi connectivity index (χ1) is 7.04. The van der Waals surface area contributed by atoms with E-state index < -0.39 is 5.91 Å². The van der Waals surface area contributed by atoms with Crippen LogP contribution in [0.15, 0.2) is 23.2 Å². The van der Waals surface area contributed by atoms with Gasteiger partial charge in [-0.25, -0.2) is 0 Å². The van der Waals surface area contributed by atoms with Crippen molar-refractivity contribution in [3.8, 4) is 0 Å². The van der Waals surface area contributed by atoms with Crippen LogP contribution in [0, 0.1) is 0 Å². The SMILES string of the molecule is COC(N)=NC(=O)c1ccc(Cl)cc1Cl. The molecule has 4 nitrogen and oxygen atoms in total. The van der Waals surface area contributed by atoms with E-state index in [2.05, 4.69) is 9.73 Å². The molecule has 0 aliphatic carbocycles. The van der Waals surface area contributed by atoms with Gasteiger partial charge in [0, 0.05) is 5.02 Å². The maximum Gasteiger partial charge on any atom is 0.289 e. The van der Waals surface area contributed by atoms with Crippen LogP contribution in [0.2, 0.25) is 10.0 Å². The molecule has 0 aromatic heterocycles. The molecule has 0 aliphatic heterocycles. The van der Waals surface area contributed by atoms with Crippen molar-refractivity contribution in [2.24, 2.45) is 10.7 Å². The predicted octanol–water partition coefficient (Wildman–Crippen LogP) is 2.09. The third kappa shape index (κ3) is 3.11. The maximum atomic E-state index is 11.5. The number of rotatable bonds is 1. The van der Waals surface area contributed by atoms with Gasteiger partial charge in [0.15, 0.2) is 0 Å². The summed E-state index contributed by atoms with van der Waals surface area (Å²) in [6, 6.07) is 4.25. The lowest BCUT2D eigenvalue weighted by Gasteiger charge is -2.00. The zero-order chi connectivity index (χ0) is 11.4. The second-order valence-electron chi connectivity index (χ2n) is 2.58. The first-order valence-corrected chi connectivity index (χ1v) is 4.67. The van der Waals surface area contributed by atoms with Gasteiger partial charge in [-0.3, -0.25) is 4.79 Å². The molecule has 80 valence electrons. The highest BCUT2D eigenvalue weighted by atomic mass is 35.5. The highest BCUT2D eigenvalue weighted by Crippen LogP contribution is 2.21. The summed E-state index contributed by atoms with van der Waals surface area (Å²) in [5.41, 5.74) is 5.45. The fourth-order valence-corrected chi connectivity index (χ4v) is 1.36. The number of carbonyl (C=O) groups is 1. The van der Waals surface area contributed by atoms with Gasteiger partial charge in [0.2, 0.25) is 0 Å². The van der Waals surface area contributed by atoms with E-state index in [4.69, 9.17) is 28.9 Å². The molecule has 0 saturated carbocycles. The lowest BCUT2D eigenvalue weighted by atomic mass is 10.2. The van der Waals surface area contributed by atoms with Gasteiger partial charge in [-0.15, -0.1) is 0 Å². The van der Waals surface area contributed by atoms with Gasteiger partial charge in [-0.2, -0.15) is 4.99 Å². The highest BCUT2D eigenvalue weighted by Gasteiger charge is 2.10. The fourth-order valence-electron chi connectivity index (χ4n) is 0.869. The van der Waals surface area contributed by atoms with E-state index in [0.717, 1.165) is 0 Å². The molecule has 0 unspecified atom stereocenters. The number of amidine groups is 1. The van der Waals surface area contributed by atoms with Crippen LogP contribution < -0.4 is 5.73 Å². The van der Waals surface area contributed by atoms with Crippen LogP contribution in [0.4, 0.5) is 0 Å². The van der Waals surface area contributed by atoms with Crippen molar-refractivity contribution in [1.29, 1.82) is 0 Å². The van der Waals surface area contributed by atoms with Crippen LogP contribution in [-0.4, -0.2) is 19.0 Å². The van der Waals surface area contributed by atoms with Gasteiger partial charge in [-0.05, 0) is 18.2 Å². The van der Waals surface area contributed by atoms with Gasteiger partial charge >= 0.3 is 0 Å². The molecular weight excluding hydrogens is 239 g/mol. The number of ether oxygens (including phenoxy) is 1. The number of carbonyl (C=O) groups excluding carboxylic acids is 1. The molecule has 6 heteroatoms. The topological polar surface area (TPSA) is 64.7 Å². The van der Waals surface area contributed by atoms with E-state index in [0.29, 0.717) is 5.02 Å². The Hall–Kier alpha value is -1.26. The average molecular weight is 247 g/mol. The van der Waals surface area contributed by atoms with Crippen molar-refractivity contribution in [2.45, 2.75) is 0 Å². The number of aliphatic imine (C=N–C) groups is 1. The summed E-state index contributed by atoms with van der Waals surface area (Å²) in [5.74, 6) is -0.573. The summed E-state index contributed by atoms with van der Waals surface area (Å²) < 4.78 is 4.54. The van der Waals surface area contributed by atoms with Gasteiger partial charge in [0.25, 0.3) is 11.9 Å². The molecule has 1 aromatic rings. The Balaban J connectivity index is 3.02. The number of benzene rings is 1. The fraction of sp³-hybridized carbons (Fsp3) is 0.111. The first-order valence-electron chi connectivity index (χ1n) is 3.92. The zero-order valence-electron chi connectivity index (χ0n) is 7.83. The van der Waals surface area contributed by atoms with Crippen molar-refractivity contribution in [3.05, 3.63) is 33.8 Å². The summed E-state index contributed by atoms with van der Waals surface area (Å²) in [4.78, 5) is 14.9. The molecule has 0 spiro atoms. The summed E-state index contributed by atoms with van der Waals surface area (Å²) >= 11 is 11.5. The Bertz CT molecular complexity index is 419. The summed E-state index contributed by atoms with van der Waals surface area (Å²) in [6.07, 6.45) is 0. The van der Waals surface area contributed by atoms with Crippen molar-refractivity contribution in [3.63, 3.8) is 0 Å². The third-order valence-electron chi connectivity index (χ3n) is 1.58. The molecule has 0 bridgehead atoms. The second-order valence-corrected chi connectivity index (χ2v) is 3.43. The number of amides is 1. The normalized spacial score (nSPS) is 11.3. The smallest absolute Gasteiger partial charge is 0.289 e. The van der Waals surface area contributed by atoms with E-state index >= 15 is 0 Å². The van der Waals surface area contributed by atoms with Crippen molar-refractivity contribution in [1.82, 2.24) is 0 Å². The zero-order valence-corrected chi connectivity index (χ0v) is 9.34. The molecule has 0 radical (unpaired) electrons. The first kappa shape index (κ1) is 11.8. The monoisotopic (exact) mass is 246 g/mol. The Morgan fingerprint density at radius 1 is 1.47 bits per heavy atom. The van der Waals surface area contributed by atoms with Gasteiger partial charge in [0.1, 0.15) is 0 Å². The van der Waals surface area contributed by atoms with Crippen molar-refractivity contribution in [2.75, 3.05) is 7.11 Å². The number of halogens is 2. The van der Waals surface area contributed by atoms with Crippen LogP contribution in [0.25, 0.3) is 0 Å². The molecule has 0 heterocycles. The summed E-state index contributed by atoms with van der Waals surface area (Å²) in [7, 11) is 1.32. The van der Waals surface area contributed by atoms with Gasteiger partial charge in [-0.1, -0.05) is 23.2 Å². The number of hydrogen-bond acceptors (Lipinski definition) is 2. The molecule has 0 aliphatic rings. The maximum absolute atomic E-state index is 11.5. The minimum Gasteiger partial charge on any atom is -0.468 e. The molecule has 15 heavy (non-hydrogen) atoms. The largest absolute Gasteiger partial charge is 0.468 e. The highest BCUT2D eigenvalue weighted by molar-refractivity contribution is 6.36. The molecule has 0 fully saturated rings. The van der Waals surface area contributed by atoms with Crippen LogP contribution in [0.5, 0.6) is 0 Å². The van der Waals surface area contributed by atoms with Gasteiger partial charge < -0.3 is 10.5 Å². The lowest BCUT2D eigenvalue weighted by Crippen LogP contribution is -2.16. The van der Waals surface area contributed by atoms with E-state index in [9.17, 15) is 4.79 Å². The standard InChI is InChI=1S/C9H8Cl2N2O2/c1-15-9(12)13-8(14)6-3-2-5(10)4-7(6)11/h2-4H,1H3,(H2,12,13,14). The van der Waals surface area contributed by atoms with Crippen LogP contribution in [-0.2, 0) is 4.74 Å². The number of nitrogens with two attached hydrogens (primary N) is 1. The van der Waals surface area contributed by atoms with E-state index in [-0.39, 0.29) is 16.6 Å². The van der Waals surface area contributed by atoms with Crippen LogP contribution >= 0.6 is 23.2 Å². The quantitative estimate of drug-likeness (QED) is 0.610. The Kier molecular flexibility index (Phi) is 3.94. The Morgan fingerprint density at radius 3 is 2.67 bits per heavy atom. The number of methoxy groups -OCH3 is 1. The summed E-state index contributed by atoms with van der Waals surface area (Å²) in [6.45, 7) is 0. The molecule has 1 amide bonds. The Morgan fingerprint density at radius 2 is 2.13 bits per heavy atom. The molecular formula is C9H8Cl2N2O2. The molecule has 0 saturated heterocycles. The van der Waals surface area contributed by atoms with Gasteiger partial charge in [0.05, 0.1) is 17.7 Å². The summed E-state index contributed by atoms with van der Waals surface area (Å²) in [5, 5.41) is 0.667. The van der Waals surface area contributed by atoms with Crippen molar-refractivity contribution < 1.29 is 9.53 Å². The number of nitrogens with zero attached hydrogens (tertiary/aromatic N) is 1. The van der Waals surface area contributed by atoms with Crippen molar-refractivity contribution >= 4 is 35.1 Å². The third-order valence-corrected chi connectivity index (χ3v) is 2.13. The predicted molar refractivity (Wildman–Crippen MR) is 59.4 cm³/mol. The minimum absolute atomic E-state index is 0.217. The lowest BCUT2D eigenvalue weighted by molar-refractivity contribution is 0.1000. The van der Waals surface area contributed by atoms with E-state index in [1.54, 1.807) is 6.07 Å². The minimum atomic E-state index is -0.573. The molecule has 0 atom stereocenters. The average Bonchev–Trinajstić information content (AvgIpc) is 2.17. The molecule has 2 N–H and O–H groups in total. The van der Waals surface area contributed by atoms with Crippen LogP contribution in [0.3, 0.4) is 0 Å². The number of hydrogen-bond donors (Lipinski definition) is 1. The molecule has 1 rings (SSSR count). The van der Waals surface area contributed by atoms with Crippen LogP contribution in [0.1, 0.15) is 10.4 Å². The molecule has 1 aromatic carbocycles. The second kappa shape index (κ2) is 5.00. The Labute approximate surface area is 96.6 Å². The van der Waals surface area contributed by atoms with E-state index in [1.165, 1.54) is 19.2 Å².